The van der Waals surface area contributed by atoms with Crippen molar-refractivity contribution in [2.24, 2.45) is 0 Å². The van der Waals surface area contributed by atoms with Gasteiger partial charge in [-0.25, -0.2) is 4.39 Å². The molecule has 0 saturated heterocycles. The minimum absolute atomic E-state index is 0.0322. The van der Waals surface area contributed by atoms with E-state index >= 15 is 0 Å². The predicted molar refractivity (Wildman–Crippen MR) is 82.7 cm³/mol. The molecule has 0 aliphatic heterocycles. The number of carbonyl (C=O) groups is 2. The van der Waals surface area contributed by atoms with Gasteiger partial charge in [-0.1, -0.05) is 18.2 Å². The van der Waals surface area contributed by atoms with E-state index in [0.29, 0.717) is 11.4 Å². The third-order valence-electron chi connectivity index (χ3n) is 2.96. The molecule has 0 bridgehead atoms. The molecule has 2 aromatic carbocycles. The van der Waals surface area contributed by atoms with Crippen molar-refractivity contribution in [2.45, 2.75) is 6.42 Å². The van der Waals surface area contributed by atoms with Gasteiger partial charge in [0, 0.05) is 5.69 Å². The van der Waals surface area contributed by atoms with Crippen LogP contribution in [0.5, 0.6) is 5.75 Å². The van der Waals surface area contributed by atoms with E-state index < -0.39 is 24.3 Å². The Morgan fingerprint density at radius 3 is 2.65 bits per heavy atom. The van der Waals surface area contributed by atoms with Crippen molar-refractivity contribution in [3.05, 3.63) is 59.9 Å². The summed E-state index contributed by atoms with van der Waals surface area (Å²) in [5, 5.41) is 2.44. The minimum Gasteiger partial charge on any atom is -0.497 e. The van der Waals surface area contributed by atoms with E-state index in [0.717, 1.165) is 5.56 Å². The number of nitrogens with one attached hydrogen (secondary N) is 1. The summed E-state index contributed by atoms with van der Waals surface area (Å²) in [6.07, 6.45) is 0.0322. The van der Waals surface area contributed by atoms with Gasteiger partial charge in [-0.05, 0) is 35.9 Å². The average Bonchev–Trinajstić information content (AvgIpc) is 2.53. The fourth-order valence-corrected chi connectivity index (χ4v) is 1.91. The summed E-state index contributed by atoms with van der Waals surface area (Å²) in [6.45, 7) is -0.431. The lowest BCUT2D eigenvalue weighted by molar-refractivity contribution is -0.146. The van der Waals surface area contributed by atoms with E-state index in [2.05, 4.69) is 5.32 Å². The molecule has 0 saturated carbocycles. The van der Waals surface area contributed by atoms with Crippen LogP contribution in [0, 0.1) is 5.82 Å². The summed E-state index contributed by atoms with van der Waals surface area (Å²) < 4.78 is 23.0. The quantitative estimate of drug-likeness (QED) is 0.832. The summed E-state index contributed by atoms with van der Waals surface area (Å²) in [4.78, 5) is 23.4. The van der Waals surface area contributed by atoms with Gasteiger partial charge in [-0.3, -0.25) is 9.59 Å². The van der Waals surface area contributed by atoms with Crippen LogP contribution in [0.15, 0.2) is 48.5 Å². The SMILES string of the molecule is COc1cccc(CC(=O)OCC(=O)Nc2cccc(F)c2)c1. The lowest BCUT2D eigenvalue weighted by Gasteiger charge is -2.07. The van der Waals surface area contributed by atoms with Gasteiger partial charge in [0.1, 0.15) is 11.6 Å². The zero-order valence-electron chi connectivity index (χ0n) is 12.5. The number of hydrogen-bond acceptors (Lipinski definition) is 4. The Morgan fingerprint density at radius 1 is 1.13 bits per heavy atom. The minimum atomic E-state index is -0.535. The molecule has 1 amide bonds. The highest BCUT2D eigenvalue weighted by Gasteiger charge is 2.09. The number of benzene rings is 2. The molecule has 0 atom stereocenters. The molecule has 0 unspecified atom stereocenters. The highest BCUT2D eigenvalue weighted by molar-refractivity contribution is 5.92. The molecule has 120 valence electrons. The van der Waals surface area contributed by atoms with Crippen LogP contribution in [-0.4, -0.2) is 25.6 Å². The summed E-state index contributed by atoms with van der Waals surface area (Å²) in [7, 11) is 1.54. The second kappa shape index (κ2) is 7.93. The van der Waals surface area contributed by atoms with Crippen molar-refractivity contribution < 1.29 is 23.5 Å². The molecule has 0 aromatic heterocycles. The van der Waals surface area contributed by atoms with Crippen LogP contribution in [-0.2, 0) is 20.7 Å². The Bertz CT molecular complexity index is 702. The number of methoxy groups -OCH3 is 1. The molecule has 1 N–H and O–H groups in total. The fraction of sp³-hybridized carbons (Fsp3) is 0.176. The maximum atomic E-state index is 13.0. The molecule has 0 aliphatic carbocycles. The lowest BCUT2D eigenvalue weighted by Crippen LogP contribution is -2.21. The molecule has 0 radical (unpaired) electrons. The van der Waals surface area contributed by atoms with Gasteiger partial charge in [0.15, 0.2) is 6.61 Å². The molecular formula is C17H16FNO4. The van der Waals surface area contributed by atoms with Crippen LogP contribution in [0.3, 0.4) is 0 Å². The zero-order chi connectivity index (χ0) is 16.7. The van der Waals surface area contributed by atoms with Crippen molar-refractivity contribution in [2.75, 3.05) is 19.0 Å². The maximum Gasteiger partial charge on any atom is 0.310 e. The van der Waals surface area contributed by atoms with E-state index in [1.165, 1.54) is 25.3 Å². The van der Waals surface area contributed by atoms with Crippen molar-refractivity contribution in [1.29, 1.82) is 0 Å². The van der Waals surface area contributed by atoms with Crippen molar-refractivity contribution in [1.82, 2.24) is 0 Å². The Kier molecular flexibility index (Phi) is 5.68. The molecule has 0 spiro atoms. The number of esters is 1. The summed E-state index contributed by atoms with van der Waals surface area (Å²) in [6, 6.07) is 12.5. The molecular weight excluding hydrogens is 301 g/mol. The average molecular weight is 317 g/mol. The number of anilines is 1. The summed E-state index contributed by atoms with van der Waals surface area (Å²) >= 11 is 0. The summed E-state index contributed by atoms with van der Waals surface area (Å²) in [5.74, 6) is -0.890. The maximum absolute atomic E-state index is 13.0. The van der Waals surface area contributed by atoms with Gasteiger partial charge in [-0.2, -0.15) is 0 Å². The number of carbonyl (C=O) groups excluding carboxylic acids is 2. The number of ether oxygens (including phenoxy) is 2. The highest BCUT2D eigenvalue weighted by Crippen LogP contribution is 2.13. The third-order valence-corrected chi connectivity index (χ3v) is 2.96. The molecule has 0 aliphatic rings. The van der Waals surface area contributed by atoms with Gasteiger partial charge in [0.25, 0.3) is 5.91 Å². The van der Waals surface area contributed by atoms with E-state index in [1.54, 1.807) is 30.3 Å². The molecule has 0 fully saturated rings. The Hall–Kier alpha value is -2.89. The van der Waals surface area contributed by atoms with E-state index in [9.17, 15) is 14.0 Å². The largest absolute Gasteiger partial charge is 0.497 e. The molecule has 2 rings (SSSR count). The number of amides is 1. The zero-order valence-corrected chi connectivity index (χ0v) is 12.5. The molecule has 5 nitrogen and oxygen atoms in total. The van der Waals surface area contributed by atoms with Crippen LogP contribution in [0.25, 0.3) is 0 Å². The Morgan fingerprint density at radius 2 is 1.91 bits per heavy atom. The van der Waals surface area contributed by atoms with Crippen molar-refractivity contribution in [3.63, 3.8) is 0 Å². The van der Waals surface area contributed by atoms with E-state index in [4.69, 9.17) is 9.47 Å². The van der Waals surface area contributed by atoms with Crippen LogP contribution in [0.2, 0.25) is 0 Å². The van der Waals surface area contributed by atoms with Crippen LogP contribution < -0.4 is 10.1 Å². The highest BCUT2D eigenvalue weighted by atomic mass is 19.1. The second-order valence-electron chi connectivity index (χ2n) is 4.75. The first-order valence-corrected chi connectivity index (χ1v) is 6.91. The van der Waals surface area contributed by atoms with Crippen molar-refractivity contribution in [3.8, 4) is 5.75 Å². The van der Waals surface area contributed by atoms with E-state index in [1.807, 2.05) is 0 Å². The van der Waals surface area contributed by atoms with E-state index in [-0.39, 0.29) is 6.42 Å². The fourth-order valence-electron chi connectivity index (χ4n) is 1.91. The molecule has 23 heavy (non-hydrogen) atoms. The van der Waals surface area contributed by atoms with Crippen molar-refractivity contribution >= 4 is 17.6 Å². The van der Waals surface area contributed by atoms with Gasteiger partial charge >= 0.3 is 5.97 Å². The first-order chi connectivity index (χ1) is 11.1. The Labute approximate surface area is 133 Å². The first kappa shape index (κ1) is 16.5. The van der Waals surface area contributed by atoms with Gasteiger partial charge in [0.2, 0.25) is 0 Å². The summed E-state index contributed by atoms with van der Waals surface area (Å²) in [5.41, 5.74) is 1.03. The topological polar surface area (TPSA) is 64.6 Å². The lowest BCUT2D eigenvalue weighted by atomic mass is 10.1. The number of halogens is 1. The Balaban J connectivity index is 1.80. The predicted octanol–water partition coefficient (Wildman–Crippen LogP) is 2.56. The molecule has 0 heterocycles. The first-order valence-electron chi connectivity index (χ1n) is 6.91. The molecule has 2 aromatic rings. The van der Waals surface area contributed by atoms with Gasteiger partial charge in [0.05, 0.1) is 13.5 Å². The number of hydrogen-bond donors (Lipinski definition) is 1. The normalized spacial score (nSPS) is 10.0. The van der Waals surface area contributed by atoms with Gasteiger partial charge < -0.3 is 14.8 Å². The van der Waals surface area contributed by atoms with Crippen LogP contribution >= 0.6 is 0 Å². The van der Waals surface area contributed by atoms with Crippen LogP contribution in [0.4, 0.5) is 10.1 Å². The molecule has 6 heteroatoms. The monoisotopic (exact) mass is 317 g/mol. The standard InChI is InChI=1S/C17H16FNO4/c1-22-15-7-2-4-12(8-15)9-17(21)23-11-16(20)19-14-6-3-5-13(18)10-14/h2-8,10H,9,11H2,1H3,(H,19,20). The number of rotatable bonds is 6. The third kappa shape index (κ3) is 5.43. The van der Waals surface area contributed by atoms with Gasteiger partial charge in [-0.15, -0.1) is 0 Å². The smallest absolute Gasteiger partial charge is 0.310 e. The second-order valence-corrected chi connectivity index (χ2v) is 4.75. The van der Waals surface area contributed by atoms with Crippen LogP contribution in [0.1, 0.15) is 5.56 Å².